The molecule has 1 saturated heterocycles. The highest BCUT2D eigenvalue weighted by Crippen LogP contribution is 2.18. The minimum Gasteiger partial charge on any atom is -0.380 e. The normalized spacial score (nSPS) is 21.5. The van der Waals surface area contributed by atoms with E-state index >= 15 is 0 Å². The third-order valence-corrected chi connectivity index (χ3v) is 3.97. The van der Waals surface area contributed by atoms with Crippen LogP contribution in [0.1, 0.15) is 29.2 Å². The Morgan fingerprint density at radius 2 is 2.17 bits per heavy atom. The first-order valence-corrected chi connectivity index (χ1v) is 6.68. The zero-order valence-electron chi connectivity index (χ0n) is 11.6. The van der Waals surface area contributed by atoms with E-state index in [0.717, 1.165) is 26.2 Å². The molecule has 0 aromatic heterocycles. The van der Waals surface area contributed by atoms with Crippen LogP contribution in [0.5, 0.6) is 0 Å². The van der Waals surface area contributed by atoms with Gasteiger partial charge in [-0.3, -0.25) is 4.90 Å². The van der Waals surface area contributed by atoms with Crippen LogP contribution in [-0.2, 0) is 4.74 Å². The van der Waals surface area contributed by atoms with Crippen molar-refractivity contribution in [2.45, 2.75) is 32.4 Å². The van der Waals surface area contributed by atoms with Crippen LogP contribution in [0.3, 0.4) is 0 Å². The van der Waals surface area contributed by atoms with Gasteiger partial charge >= 0.3 is 0 Å². The Kier molecular flexibility index (Phi) is 4.38. The monoisotopic (exact) mass is 248 g/mol. The van der Waals surface area contributed by atoms with Crippen LogP contribution < -0.4 is 5.73 Å². The van der Waals surface area contributed by atoms with Crippen molar-refractivity contribution in [3.05, 3.63) is 34.9 Å². The molecule has 0 amide bonds. The predicted octanol–water partition coefficient (Wildman–Crippen LogP) is 2.02. The molecule has 2 unspecified atom stereocenters. The van der Waals surface area contributed by atoms with Gasteiger partial charge in [0.1, 0.15) is 0 Å². The third-order valence-electron chi connectivity index (χ3n) is 3.97. The van der Waals surface area contributed by atoms with E-state index < -0.39 is 0 Å². The zero-order chi connectivity index (χ0) is 13.1. The topological polar surface area (TPSA) is 38.5 Å². The number of benzene rings is 1. The van der Waals surface area contributed by atoms with Crippen LogP contribution in [0.25, 0.3) is 0 Å². The van der Waals surface area contributed by atoms with Gasteiger partial charge in [-0.25, -0.2) is 0 Å². The minimum atomic E-state index is 0.0786. The van der Waals surface area contributed by atoms with Gasteiger partial charge in [-0.15, -0.1) is 0 Å². The lowest BCUT2D eigenvalue weighted by Crippen LogP contribution is -2.37. The van der Waals surface area contributed by atoms with Crippen molar-refractivity contribution >= 4 is 0 Å². The molecule has 100 valence electrons. The van der Waals surface area contributed by atoms with Gasteiger partial charge < -0.3 is 10.5 Å². The first kappa shape index (κ1) is 13.5. The largest absolute Gasteiger partial charge is 0.380 e. The van der Waals surface area contributed by atoms with Crippen molar-refractivity contribution in [2.24, 2.45) is 5.73 Å². The van der Waals surface area contributed by atoms with Gasteiger partial charge in [-0.1, -0.05) is 18.2 Å². The second-order valence-electron chi connectivity index (χ2n) is 5.41. The summed E-state index contributed by atoms with van der Waals surface area (Å²) in [7, 11) is 2.14. The molecular formula is C15H24N2O. The first-order chi connectivity index (χ1) is 8.58. The first-order valence-electron chi connectivity index (χ1n) is 6.68. The summed E-state index contributed by atoms with van der Waals surface area (Å²) >= 11 is 0. The van der Waals surface area contributed by atoms with Crippen molar-refractivity contribution in [3.8, 4) is 0 Å². The van der Waals surface area contributed by atoms with E-state index in [1.165, 1.54) is 16.7 Å². The minimum absolute atomic E-state index is 0.0786. The van der Waals surface area contributed by atoms with E-state index in [1.807, 2.05) is 0 Å². The fourth-order valence-corrected chi connectivity index (χ4v) is 2.43. The van der Waals surface area contributed by atoms with Crippen LogP contribution in [0, 0.1) is 13.8 Å². The Morgan fingerprint density at radius 3 is 2.78 bits per heavy atom. The second kappa shape index (κ2) is 5.83. The fraction of sp³-hybridized carbons (Fsp3) is 0.600. The molecule has 1 aromatic rings. The maximum absolute atomic E-state index is 6.30. The summed E-state index contributed by atoms with van der Waals surface area (Å²) in [5.41, 5.74) is 10.2. The number of hydrogen-bond donors (Lipinski definition) is 1. The summed E-state index contributed by atoms with van der Waals surface area (Å²) in [4.78, 5) is 2.33. The highest BCUT2D eigenvalue weighted by Gasteiger charge is 2.22. The zero-order valence-corrected chi connectivity index (χ0v) is 11.6. The lowest BCUT2D eigenvalue weighted by molar-refractivity contribution is 0.156. The molecule has 2 rings (SSSR count). The van der Waals surface area contributed by atoms with Crippen molar-refractivity contribution in [1.29, 1.82) is 0 Å². The maximum Gasteiger partial charge on any atom is 0.0622 e. The molecule has 0 spiro atoms. The molecular weight excluding hydrogens is 224 g/mol. The molecule has 3 nitrogen and oxygen atoms in total. The van der Waals surface area contributed by atoms with Gasteiger partial charge in [0.2, 0.25) is 0 Å². The van der Waals surface area contributed by atoms with Crippen LogP contribution in [-0.4, -0.2) is 37.7 Å². The highest BCUT2D eigenvalue weighted by atomic mass is 16.5. The summed E-state index contributed by atoms with van der Waals surface area (Å²) in [6, 6.07) is 7.12. The number of likely N-dealkylation sites (N-methyl/N-ethyl adjacent to an activating group) is 1. The Hall–Kier alpha value is -0.900. The van der Waals surface area contributed by atoms with E-state index in [-0.39, 0.29) is 6.04 Å². The third kappa shape index (κ3) is 3.10. The Morgan fingerprint density at radius 1 is 1.39 bits per heavy atom. The molecule has 2 N–H and O–H groups in total. The summed E-state index contributed by atoms with van der Waals surface area (Å²) in [5.74, 6) is 0. The second-order valence-corrected chi connectivity index (χ2v) is 5.41. The van der Waals surface area contributed by atoms with Crippen LogP contribution >= 0.6 is 0 Å². The van der Waals surface area contributed by atoms with Crippen LogP contribution in [0.2, 0.25) is 0 Å². The molecule has 3 heteroatoms. The average Bonchev–Trinajstić information content (AvgIpc) is 2.86. The molecule has 1 aliphatic heterocycles. The van der Waals surface area contributed by atoms with Gasteiger partial charge in [0.05, 0.1) is 6.61 Å². The number of nitrogens with zero attached hydrogens (tertiary/aromatic N) is 1. The molecule has 0 saturated carbocycles. The Labute approximate surface area is 110 Å². The number of ether oxygens (including phenoxy) is 1. The van der Waals surface area contributed by atoms with E-state index in [0.29, 0.717) is 6.04 Å². The standard InChI is InChI=1S/C15H24N2O/c1-11-4-5-13(8-12(11)2)15(16)9-17(3)14-6-7-18-10-14/h4-5,8,14-15H,6-7,9-10,16H2,1-3H3. The molecule has 1 heterocycles. The van der Waals surface area contributed by atoms with Crippen molar-refractivity contribution < 1.29 is 4.74 Å². The number of rotatable bonds is 4. The van der Waals surface area contributed by atoms with Crippen LogP contribution in [0.15, 0.2) is 18.2 Å². The summed E-state index contributed by atoms with van der Waals surface area (Å²) in [5, 5.41) is 0. The molecule has 2 atom stereocenters. The van der Waals surface area contributed by atoms with Gasteiger partial charge in [-0.05, 0) is 44.0 Å². The summed E-state index contributed by atoms with van der Waals surface area (Å²) in [6.45, 7) is 6.88. The SMILES string of the molecule is Cc1ccc(C(N)CN(C)C2CCOC2)cc1C. The van der Waals surface area contributed by atoms with Crippen LogP contribution in [0.4, 0.5) is 0 Å². The highest BCUT2D eigenvalue weighted by molar-refractivity contribution is 5.31. The lowest BCUT2D eigenvalue weighted by atomic mass is 10.0. The Balaban J connectivity index is 1.97. The number of nitrogens with two attached hydrogens (primary N) is 1. The smallest absolute Gasteiger partial charge is 0.0622 e. The number of aryl methyl sites for hydroxylation is 2. The summed E-state index contributed by atoms with van der Waals surface area (Å²) < 4.78 is 5.42. The van der Waals surface area contributed by atoms with Crippen molar-refractivity contribution in [3.63, 3.8) is 0 Å². The molecule has 0 bridgehead atoms. The Bertz CT molecular complexity index is 399. The van der Waals surface area contributed by atoms with E-state index in [9.17, 15) is 0 Å². The van der Waals surface area contributed by atoms with Gasteiger partial charge in [0.25, 0.3) is 0 Å². The molecule has 18 heavy (non-hydrogen) atoms. The maximum atomic E-state index is 6.30. The van der Waals surface area contributed by atoms with E-state index in [2.05, 4.69) is 44.0 Å². The number of hydrogen-bond acceptors (Lipinski definition) is 3. The quantitative estimate of drug-likeness (QED) is 0.886. The van der Waals surface area contributed by atoms with Gasteiger partial charge in [0.15, 0.2) is 0 Å². The average molecular weight is 248 g/mol. The van der Waals surface area contributed by atoms with Crippen molar-refractivity contribution in [1.82, 2.24) is 4.90 Å². The van der Waals surface area contributed by atoms with E-state index in [1.54, 1.807) is 0 Å². The van der Waals surface area contributed by atoms with Gasteiger partial charge in [0, 0.05) is 25.2 Å². The molecule has 1 fully saturated rings. The van der Waals surface area contributed by atoms with Crippen molar-refractivity contribution in [2.75, 3.05) is 26.8 Å². The van der Waals surface area contributed by atoms with E-state index in [4.69, 9.17) is 10.5 Å². The molecule has 1 aromatic carbocycles. The molecule has 0 radical (unpaired) electrons. The molecule has 1 aliphatic rings. The predicted molar refractivity (Wildman–Crippen MR) is 74.7 cm³/mol. The summed E-state index contributed by atoms with van der Waals surface area (Å²) in [6.07, 6.45) is 1.12. The fourth-order valence-electron chi connectivity index (χ4n) is 2.43. The lowest BCUT2D eigenvalue weighted by Gasteiger charge is -2.26. The molecule has 0 aliphatic carbocycles. The van der Waals surface area contributed by atoms with Gasteiger partial charge in [-0.2, -0.15) is 0 Å².